The number of methoxy groups -OCH3 is 1. The van der Waals surface area contributed by atoms with Crippen LogP contribution in [-0.2, 0) is 0 Å². The van der Waals surface area contributed by atoms with Gasteiger partial charge in [0.25, 0.3) is 5.91 Å². The molecule has 1 saturated heterocycles. The van der Waals surface area contributed by atoms with Crippen LogP contribution in [0.25, 0.3) is 28.3 Å². The van der Waals surface area contributed by atoms with Crippen molar-refractivity contribution in [1.82, 2.24) is 19.4 Å². The third-order valence-corrected chi connectivity index (χ3v) is 8.29. The fourth-order valence-corrected chi connectivity index (χ4v) is 5.83. The number of halogens is 2. The van der Waals surface area contributed by atoms with E-state index in [9.17, 15) is 18.7 Å². The van der Waals surface area contributed by atoms with Gasteiger partial charge in [0.05, 0.1) is 36.0 Å². The predicted octanol–water partition coefficient (Wildman–Crippen LogP) is 6.70. The highest BCUT2D eigenvalue weighted by atomic mass is 19.1. The molecule has 1 aliphatic rings. The third-order valence-electron chi connectivity index (χ3n) is 8.29. The highest BCUT2D eigenvalue weighted by Crippen LogP contribution is 2.35. The molecule has 1 aliphatic heterocycles. The van der Waals surface area contributed by atoms with Crippen molar-refractivity contribution in [3.63, 3.8) is 0 Å². The Kier molecular flexibility index (Phi) is 8.38. The molecule has 0 aliphatic carbocycles. The molecular formula is C36H31F2N7O3. The number of nitrogens with zero attached hydrogens (tertiary/aromatic N) is 5. The van der Waals surface area contributed by atoms with E-state index in [1.807, 2.05) is 53.1 Å². The SMILES string of the molecule is COc1cc(N2CCC(O)CC2)ccc1Nc1nccc(-c2c(-c3cccc(C(=O)Nc4c(F)cccc4F)c3)nc3ccccn23)n1. The summed E-state index contributed by atoms with van der Waals surface area (Å²) in [6.07, 6.45) is 4.69. The van der Waals surface area contributed by atoms with E-state index in [2.05, 4.69) is 20.5 Å². The monoisotopic (exact) mass is 647 g/mol. The lowest BCUT2D eigenvalue weighted by Crippen LogP contribution is -2.35. The molecule has 6 aromatic rings. The van der Waals surface area contributed by atoms with Gasteiger partial charge < -0.3 is 25.4 Å². The fourth-order valence-electron chi connectivity index (χ4n) is 5.83. The van der Waals surface area contributed by atoms with Crippen LogP contribution in [0.2, 0.25) is 0 Å². The van der Waals surface area contributed by atoms with Crippen LogP contribution >= 0.6 is 0 Å². The number of benzene rings is 3. The van der Waals surface area contributed by atoms with Gasteiger partial charge in [-0.05, 0) is 67.4 Å². The number of carbonyl (C=O) groups excluding carboxylic acids is 1. The molecule has 0 bridgehead atoms. The number of hydrogen-bond acceptors (Lipinski definition) is 8. The van der Waals surface area contributed by atoms with E-state index in [4.69, 9.17) is 14.7 Å². The Morgan fingerprint density at radius 2 is 1.73 bits per heavy atom. The summed E-state index contributed by atoms with van der Waals surface area (Å²) >= 11 is 0. The number of aliphatic hydroxyl groups is 1. The standard InChI is InChI=1S/C36H31F2N7O3/c1-48-30-21-24(44-18-14-25(46)15-19-44)11-12-28(30)40-36-39-16-13-29(41-36)34-32(42-31-10-2-3-17-45(31)34)22-6-4-7-23(20-22)35(47)43-33-26(37)8-5-9-27(33)38/h2-13,16-17,20-21,25,46H,14-15,18-19H2,1H3,(H,43,47)(H,39,40,41). The normalized spacial score (nSPS) is 13.5. The topological polar surface area (TPSA) is 117 Å². The van der Waals surface area contributed by atoms with Crippen molar-refractivity contribution in [1.29, 1.82) is 0 Å². The molecule has 3 aromatic heterocycles. The first-order chi connectivity index (χ1) is 23.4. The van der Waals surface area contributed by atoms with E-state index >= 15 is 0 Å². The number of amides is 1. The van der Waals surface area contributed by atoms with Crippen molar-refractivity contribution in [2.45, 2.75) is 18.9 Å². The van der Waals surface area contributed by atoms with E-state index in [1.165, 1.54) is 6.07 Å². The molecule has 12 heteroatoms. The summed E-state index contributed by atoms with van der Waals surface area (Å²) in [6, 6.07) is 23.3. The summed E-state index contributed by atoms with van der Waals surface area (Å²) < 4.78 is 36.1. The molecule has 7 rings (SSSR count). The molecule has 0 unspecified atom stereocenters. The average Bonchev–Trinajstić information content (AvgIpc) is 3.50. The van der Waals surface area contributed by atoms with E-state index < -0.39 is 23.2 Å². The zero-order chi connectivity index (χ0) is 33.2. The second kappa shape index (κ2) is 13.1. The van der Waals surface area contributed by atoms with Crippen molar-refractivity contribution >= 4 is 34.6 Å². The number of hydrogen-bond donors (Lipinski definition) is 3. The lowest BCUT2D eigenvalue weighted by atomic mass is 10.0. The smallest absolute Gasteiger partial charge is 0.255 e. The number of imidazole rings is 1. The molecule has 0 saturated carbocycles. The van der Waals surface area contributed by atoms with Gasteiger partial charge in [0.2, 0.25) is 5.95 Å². The number of fused-ring (bicyclic) bond motifs is 1. The number of carbonyl (C=O) groups is 1. The van der Waals surface area contributed by atoms with Gasteiger partial charge >= 0.3 is 0 Å². The zero-order valence-corrected chi connectivity index (χ0v) is 25.9. The predicted molar refractivity (Wildman–Crippen MR) is 180 cm³/mol. The first-order valence-corrected chi connectivity index (χ1v) is 15.4. The number of aromatic nitrogens is 4. The molecule has 48 heavy (non-hydrogen) atoms. The Morgan fingerprint density at radius 1 is 0.938 bits per heavy atom. The molecule has 0 radical (unpaired) electrons. The summed E-state index contributed by atoms with van der Waals surface area (Å²) in [5.41, 5.74) is 4.39. The lowest BCUT2D eigenvalue weighted by Gasteiger charge is -2.31. The number of rotatable bonds is 8. The van der Waals surface area contributed by atoms with Gasteiger partial charge in [0.15, 0.2) is 0 Å². The number of para-hydroxylation sites is 1. The summed E-state index contributed by atoms with van der Waals surface area (Å²) in [5.74, 6) is -1.46. The van der Waals surface area contributed by atoms with Gasteiger partial charge in [-0.3, -0.25) is 9.20 Å². The van der Waals surface area contributed by atoms with Crippen LogP contribution in [0.5, 0.6) is 5.75 Å². The Bertz CT molecular complexity index is 2110. The molecule has 1 amide bonds. The van der Waals surface area contributed by atoms with E-state index in [0.717, 1.165) is 43.8 Å². The van der Waals surface area contributed by atoms with Gasteiger partial charge in [-0.2, -0.15) is 0 Å². The van der Waals surface area contributed by atoms with Crippen LogP contribution < -0.4 is 20.3 Å². The number of ether oxygens (including phenoxy) is 1. The molecule has 3 N–H and O–H groups in total. The van der Waals surface area contributed by atoms with E-state index in [0.29, 0.717) is 45.7 Å². The maximum atomic E-state index is 14.2. The van der Waals surface area contributed by atoms with Gasteiger partial charge in [-0.25, -0.2) is 23.7 Å². The fraction of sp³-hybridized carbons (Fsp3) is 0.167. The molecular weight excluding hydrogens is 616 g/mol. The maximum Gasteiger partial charge on any atom is 0.255 e. The molecule has 3 aromatic carbocycles. The van der Waals surface area contributed by atoms with Gasteiger partial charge in [0.1, 0.15) is 28.7 Å². The van der Waals surface area contributed by atoms with Gasteiger partial charge in [0, 0.05) is 48.4 Å². The highest BCUT2D eigenvalue weighted by Gasteiger charge is 2.21. The molecule has 10 nitrogen and oxygen atoms in total. The molecule has 0 atom stereocenters. The van der Waals surface area contributed by atoms with Crippen LogP contribution in [0, 0.1) is 11.6 Å². The lowest BCUT2D eigenvalue weighted by molar-refractivity contribution is 0.102. The van der Waals surface area contributed by atoms with E-state index in [-0.39, 0.29) is 11.7 Å². The van der Waals surface area contributed by atoms with Crippen molar-refractivity contribution in [3.05, 3.63) is 115 Å². The minimum atomic E-state index is -0.869. The van der Waals surface area contributed by atoms with Crippen LogP contribution in [0.3, 0.4) is 0 Å². The maximum absolute atomic E-state index is 14.2. The highest BCUT2D eigenvalue weighted by molar-refractivity contribution is 6.05. The Morgan fingerprint density at radius 3 is 2.52 bits per heavy atom. The van der Waals surface area contributed by atoms with Crippen LogP contribution in [-0.4, -0.2) is 56.7 Å². The van der Waals surface area contributed by atoms with Crippen molar-refractivity contribution in [3.8, 4) is 28.4 Å². The van der Waals surface area contributed by atoms with Crippen LogP contribution in [0.15, 0.2) is 97.3 Å². The summed E-state index contributed by atoms with van der Waals surface area (Å²) in [5, 5.41) is 15.5. The number of piperidine rings is 1. The Balaban J connectivity index is 1.21. The summed E-state index contributed by atoms with van der Waals surface area (Å²) in [4.78, 5) is 29.5. The first kappa shape index (κ1) is 30.8. The van der Waals surface area contributed by atoms with Gasteiger partial charge in [-0.15, -0.1) is 0 Å². The van der Waals surface area contributed by atoms with Crippen LogP contribution in [0.4, 0.5) is 31.8 Å². The second-order valence-electron chi connectivity index (χ2n) is 11.4. The van der Waals surface area contributed by atoms with Crippen molar-refractivity contribution in [2.75, 3.05) is 35.7 Å². The Hall–Kier alpha value is -5.88. The molecule has 4 heterocycles. The second-order valence-corrected chi connectivity index (χ2v) is 11.4. The molecule has 242 valence electrons. The van der Waals surface area contributed by atoms with Gasteiger partial charge in [-0.1, -0.05) is 24.3 Å². The minimum absolute atomic E-state index is 0.194. The average molecular weight is 648 g/mol. The van der Waals surface area contributed by atoms with Crippen LogP contribution in [0.1, 0.15) is 23.2 Å². The first-order valence-electron chi connectivity index (χ1n) is 15.4. The number of pyridine rings is 1. The molecule has 0 spiro atoms. The zero-order valence-electron chi connectivity index (χ0n) is 25.9. The largest absolute Gasteiger partial charge is 0.494 e. The van der Waals surface area contributed by atoms with Crippen molar-refractivity contribution in [2.24, 2.45) is 0 Å². The summed E-state index contributed by atoms with van der Waals surface area (Å²) in [6.45, 7) is 1.53. The number of nitrogens with one attached hydrogen (secondary N) is 2. The third kappa shape index (κ3) is 6.13. The summed E-state index contributed by atoms with van der Waals surface area (Å²) in [7, 11) is 1.60. The Labute approximate surface area is 274 Å². The number of aliphatic hydroxyl groups excluding tert-OH is 1. The quantitative estimate of drug-likeness (QED) is 0.167. The minimum Gasteiger partial charge on any atom is -0.494 e. The van der Waals surface area contributed by atoms with Crippen molar-refractivity contribution < 1.29 is 23.4 Å². The molecule has 1 fully saturated rings. The van der Waals surface area contributed by atoms with E-state index in [1.54, 1.807) is 37.6 Å². The number of anilines is 4.